The molecule has 0 unspecified atom stereocenters. The first-order chi connectivity index (χ1) is 11.7. The summed E-state index contributed by atoms with van der Waals surface area (Å²) < 4.78 is 18.6. The van der Waals surface area contributed by atoms with Crippen molar-refractivity contribution in [2.45, 2.75) is 10.1 Å². The second kappa shape index (κ2) is 7.51. The fourth-order valence-electron chi connectivity index (χ4n) is 1.75. The molecular formula is C16H11FN4O2S. The maximum absolute atomic E-state index is 13.1. The van der Waals surface area contributed by atoms with Crippen LogP contribution in [0.2, 0.25) is 0 Å². The van der Waals surface area contributed by atoms with E-state index in [1.54, 1.807) is 24.4 Å². The Balaban J connectivity index is 1.58. The monoisotopic (exact) mass is 342 g/mol. The molecule has 2 aromatic heterocycles. The highest BCUT2D eigenvalue weighted by Gasteiger charge is 2.06. The fourth-order valence-corrected chi connectivity index (χ4v) is 2.46. The molecule has 0 spiro atoms. The molecule has 1 aromatic carbocycles. The van der Waals surface area contributed by atoms with E-state index in [0.717, 1.165) is 11.1 Å². The number of hydrazone groups is 1. The molecule has 1 N–H and O–H groups in total. The number of nitrogens with one attached hydrogen (secondary N) is 1. The van der Waals surface area contributed by atoms with Crippen LogP contribution >= 0.6 is 11.8 Å². The van der Waals surface area contributed by atoms with Crippen molar-refractivity contribution in [1.82, 2.24) is 15.4 Å². The summed E-state index contributed by atoms with van der Waals surface area (Å²) in [6.45, 7) is 0. The van der Waals surface area contributed by atoms with Crippen molar-refractivity contribution in [3.8, 4) is 0 Å². The van der Waals surface area contributed by atoms with E-state index in [2.05, 4.69) is 20.5 Å². The van der Waals surface area contributed by atoms with E-state index in [4.69, 9.17) is 4.42 Å². The molecule has 0 atom stereocenters. The lowest BCUT2D eigenvalue weighted by molar-refractivity contribution is 0.0954. The number of rotatable bonds is 5. The molecule has 0 aliphatic heterocycles. The molecule has 0 saturated heterocycles. The number of aromatic nitrogens is 2. The average Bonchev–Trinajstić information content (AvgIpc) is 3.03. The molecule has 2 heterocycles. The zero-order valence-corrected chi connectivity index (χ0v) is 13.0. The molecule has 6 nitrogen and oxygen atoms in total. The molecule has 3 aromatic rings. The summed E-state index contributed by atoms with van der Waals surface area (Å²) in [4.78, 5) is 19.7. The minimum absolute atomic E-state index is 0.187. The number of benzene rings is 1. The van der Waals surface area contributed by atoms with Crippen molar-refractivity contribution in [3.63, 3.8) is 0 Å². The number of furan rings is 1. The van der Waals surface area contributed by atoms with Crippen LogP contribution in [-0.4, -0.2) is 22.1 Å². The minimum atomic E-state index is -0.507. The summed E-state index contributed by atoms with van der Waals surface area (Å²) in [7, 11) is 0. The number of amides is 1. The highest BCUT2D eigenvalue weighted by molar-refractivity contribution is 7.99. The van der Waals surface area contributed by atoms with Crippen molar-refractivity contribution in [3.05, 3.63) is 72.1 Å². The quantitative estimate of drug-likeness (QED) is 0.438. The van der Waals surface area contributed by atoms with Gasteiger partial charge in [0, 0.05) is 11.8 Å². The Morgan fingerprint density at radius 1 is 1.29 bits per heavy atom. The molecular weight excluding hydrogens is 331 g/mol. The first-order valence-electron chi connectivity index (χ1n) is 6.83. The number of hydrogen-bond donors (Lipinski definition) is 1. The summed E-state index contributed by atoms with van der Waals surface area (Å²) in [5.41, 5.74) is 2.50. The Bertz CT molecular complexity index is 867. The number of carbonyl (C=O) groups is 1. The standard InChI is InChI=1S/C16H11FN4O2S/c17-12-3-1-2-11(8-12)16(22)21-20-9-13-4-5-15(23-13)24-14-6-7-18-10-19-14/h1-10H,(H,21,22)/b20-9+. The molecule has 0 radical (unpaired) electrons. The first kappa shape index (κ1) is 15.9. The molecule has 24 heavy (non-hydrogen) atoms. The van der Waals surface area contributed by atoms with Crippen molar-refractivity contribution in [1.29, 1.82) is 0 Å². The Kier molecular flexibility index (Phi) is 4.97. The van der Waals surface area contributed by atoms with Gasteiger partial charge in [0.2, 0.25) is 0 Å². The van der Waals surface area contributed by atoms with Crippen LogP contribution in [0, 0.1) is 5.82 Å². The normalized spacial score (nSPS) is 10.9. The van der Waals surface area contributed by atoms with Gasteiger partial charge in [-0.25, -0.2) is 19.8 Å². The van der Waals surface area contributed by atoms with Crippen molar-refractivity contribution in [2.24, 2.45) is 5.10 Å². The van der Waals surface area contributed by atoms with Gasteiger partial charge in [0.05, 0.1) is 6.21 Å². The molecule has 3 rings (SSSR count). The van der Waals surface area contributed by atoms with E-state index < -0.39 is 11.7 Å². The van der Waals surface area contributed by atoms with E-state index >= 15 is 0 Å². The second-order valence-electron chi connectivity index (χ2n) is 4.52. The molecule has 8 heteroatoms. The van der Waals surface area contributed by atoms with E-state index in [1.807, 2.05) is 0 Å². The Labute approximate surface area is 140 Å². The Morgan fingerprint density at radius 3 is 3.00 bits per heavy atom. The smallest absolute Gasteiger partial charge is 0.271 e. The van der Waals surface area contributed by atoms with Crippen LogP contribution in [0.25, 0.3) is 0 Å². The first-order valence-corrected chi connectivity index (χ1v) is 7.65. The zero-order valence-electron chi connectivity index (χ0n) is 12.2. The number of hydrogen-bond acceptors (Lipinski definition) is 6. The number of nitrogens with zero attached hydrogens (tertiary/aromatic N) is 3. The SMILES string of the molecule is O=C(N/N=C/c1ccc(Sc2ccncn2)o1)c1cccc(F)c1. The molecule has 120 valence electrons. The van der Waals surface area contributed by atoms with E-state index in [0.29, 0.717) is 10.9 Å². The second-order valence-corrected chi connectivity index (χ2v) is 5.54. The summed E-state index contributed by atoms with van der Waals surface area (Å²) in [6, 6.07) is 10.6. The highest BCUT2D eigenvalue weighted by atomic mass is 32.2. The summed E-state index contributed by atoms with van der Waals surface area (Å²) in [5, 5.41) is 5.18. The molecule has 1 amide bonds. The van der Waals surface area contributed by atoms with Crippen LogP contribution in [0.5, 0.6) is 0 Å². The lowest BCUT2D eigenvalue weighted by Gasteiger charge is -1.99. The van der Waals surface area contributed by atoms with Crippen LogP contribution in [-0.2, 0) is 0 Å². The maximum Gasteiger partial charge on any atom is 0.271 e. The van der Waals surface area contributed by atoms with Gasteiger partial charge < -0.3 is 4.42 Å². The van der Waals surface area contributed by atoms with Crippen molar-refractivity contribution < 1.29 is 13.6 Å². The topological polar surface area (TPSA) is 80.4 Å². The van der Waals surface area contributed by atoms with Gasteiger partial charge in [-0.2, -0.15) is 5.10 Å². The van der Waals surface area contributed by atoms with Crippen molar-refractivity contribution in [2.75, 3.05) is 0 Å². The third kappa shape index (κ3) is 4.26. The fraction of sp³-hybridized carbons (Fsp3) is 0. The summed E-state index contributed by atoms with van der Waals surface area (Å²) >= 11 is 1.34. The lowest BCUT2D eigenvalue weighted by Crippen LogP contribution is -2.17. The minimum Gasteiger partial charge on any atom is -0.448 e. The predicted molar refractivity (Wildman–Crippen MR) is 86.3 cm³/mol. The van der Waals surface area contributed by atoms with E-state index in [1.165, 1.54) is 42.5 Å². The molecule has 0 aliphatic carbocycles. The van der Waals surface area contributed by atoms with E-state index in [-0.39, 0.29) is 5.56 Å². The predicted octanol–water partition coefficient (Wildman–Crippen LogP) is 3.12. The lowest BCUT2D eigenvalue weighted by atomic mass is 10.2. The van der Waals surface area contributed by atoms with Gasteiger partial charge in [-0.1, -0.05) is 6.07 Å². The largest absolute Gasteiger partial charge is 0.448 e. The number of carbonyl (C=O) groups excluding carboxylic acids is 1. The van der Waals surface area contributed by atoms with E-state index in [9.17, 15) is 9.18 Å². The average molecular weight is 342 g/mol. The van der Waals surface area contributed by atoms with Gasteiger partial charge in [-0.05, 0) is 48.2 Å². The van der Waals surface area contributed by atoms with Gasteiger partial charge in [-0.15, -0.1) is 0 Å². The van der Waals surface area contributed by atoms with Gasteiger partial charge in [-0.3, -0.25) is 4.79 Å². The number of halogens is 1. The van der Waals surface area contributed by atoms with Crippen LogP contribution in [0.3, 0.4) is 0 Å². The third-order valence-corrected chi connectivity index (χ3v) is 3.68. The third-order valence-electron chi connectivity index (χ3n) is 2.81. The van der Waals surface area contributed by atoms with Crippen LogP contribution in [0.4, 0.5) is 4.39 Å². The summed E-state index contributed by atoms with van der Waals surface area (Å²) in [5.74, 6) is -0.525. The zero-order chi connectivity index (χ0) is 16.8. The maximum atomic E-state index is 13.1. The molecule has 0 saturated carbocycles. The molecule has 0 aliphatic rings. The van der Waals surface area contributed by atoms with Crippen LogP contribution in [0.15, 0.2) is 74.6 Å². The van der Waals surface area contributed by atoms with Gasteiger partial charge >= 0.3 is 0 Å². The molecule has 0 fully saturated rings. The molecule has 0 bridgehead atoms. The van der Waals surface area contributed by atoms with Gasteiger partial charge in [0.25, 0.3) is 5.91 Å². The highest BCUT2D eigenvalue weighted by Crippen LogP contribution is 2.26. The Morgan fingerprint density at radius 2 is 2.21 bits per heavy atom. The van der Waals surface area contributed by atoms with Crippen LogP contribution < -0.4 is 5.43 Å². The summed E-state index contributed by atoms with van der Waals surface area (Å²) in [6.07, 6.45) is 4.46. The van der Waals surface area contributed by atoms with Crippen molar-refractivity contribution >= 4 is 23.9 Å². The Hall–Kier alpha value is -3.00. The van der Waals surface area contributed by atoms with Gasteiger partial charge in [0.15, 0.2) is 5.09 Å². The van der Waals surface area contributed by atoms with Gasteiger partial charge in [0.1, 0.15) is 22.9 Å². The van der Waals surface area contributed by atoms with Crippen LogP contribution in [0.1, 0.15) is 16.1 Å².